The van der Waals surface area contributed by atoms with Gasteiger partial charge in [0.15, 0.2) is 0 Å². The van der Waals surface area contributed by atoms with Gasteiger partial charge in [0.05, 0.1) is 6.61 Å². The van der Waals surface area contributed by atoms with Crippen molar-refractivity contribution >= 4 is 5.97 Å². The summed E-state index contributed by atoms with van der Waals surface area (Å²) in [5.74, 6) is -0.211. The number of hydrogen-bond acceptors (Lipinski definition) is 4. The van der Waals surface area contributed by atoms with Gasteiger partial charge in [-0.15, -0.1) is 0 Å². The van der Waals surface area contributed by atoms with Gasteiger partial charge >= 0.3 is 31.7 Å². The Morgan fingerprint density at radius 2 is 1.89 bits per heavy atom. The predicted molar refractivity (Wildman–Crippen MR) is 23.7 cm³/mol. The molecule has 0 aromatic heterocycles. The van der Waals surface area contributed by atoms with Crippen LogP contribution in [-0.2, 0) is 35.3 Å². The molecule has 0 aromatic carbocycles. The second-order valence-electron chi connectivity index (χ2n) is 1.01. The van der Waals surface area contributed by atoms with Gasteiger partial charge in [0.25, 0.3) is 0 Å². The van der Waals surface area contributed by atoms with Crippen molar-refractivity contribution in [1.82, 2.24) is 0 Å². The van der Waals surface area contributed by atoms with Crippen LogP contribution >= 0.6 is 0 Å². The molecular formula is C4H8O4Ti. The van der Waals surface area contributed by atoms with Crippen LogP contribution in [0.15, 0.2) is 0 Å². The Morgan fingerprint density at radius 3 is 1.89 bits per heavy atom. The van der Waals surface area contributed by atoms with Gasteiger partial charge < -0.3 is 4.74 Å². The van der Waals surface area contributed by atoms with Crippen molar-refractivity contribution in [2.75, 3.05) is 6.61 Å². The van der Waals surface area contributed by atoms with Crippen LogP contribution in [0.4, 0.5) is 0 Å². The predicted octanol–water partition coefficient (Wildman–Crippen LogP) is 0.329. The van der Waals surface area contributed by atoms with Crippen LogP contribution in [-0.4, -0.2) is 12.6 Å². The molecule has 5 heteroatoms. The van der Waals surface area contributed by atoms with Gasteiger partial charge in [-0.25, -0.2) is 0 Å². The zero-order chi connectivity index (χ0) is 7.70. The van der Waals surface area contributed by atoms with E-state index in [1.807, 2.05) is 0 Å². The van der Waals surface area contributed by atoms with Crippen LogP contribution in [0.5, 0.6) is 0 Å². The molecule has 0 aliphatic rings. The Labute approximate surface area is 62.1 Å². The maximum atomic E-state index is 9.82. The molecule has 0 bridgehead atoms. The van der Waals surface area contributed by atoms with Gasteiger partial charge in [0.1, 0.15) is 0 Å². The molecule has 0 unspecified atom stereocenters. The van der Waals surface area contributed by atoms with E-state index < -0.39 is 19.1 Å². The van der Waals surface area contributed by atoms with Crippen LogP contribution < -0.4 is 0 Å². The average molecular weight is 168 g/mol. The Hall–Kier alpha value is -0.216. The number of esters is 1. The molecule has 0 aromatic rings. The molecule has 0 atom stereocenters. The monoisotopic (exact) mass is 168 g/mol. The third-order valence-corrected chi connectivity index (χ3v) is 0.348. The molecule has 0 amide bonds. The molecule has 52 valence electrons. The van der Waals surface area contributed by atoms with Gasteiger partial charge in [-0.1, -0.05) is 0 Å². The van der Waals surface area contributed by atoms with Crippen LogP contribution in [0.1, 0.15) is 13.8 Å². The van der Waals surface area contributed by atoms with Gasteiger partial charge in [0, 0.05) is 6.92 Å². The number of carbonyl (C=O) groups excluding carboxylic acids is 1. The molecule has 0 aliphatic carbocycles. The summed E-state index contributed by atoms with van der Waals surface area (Å²) in [6.07, 6.45) is 0. The molecule has 0 rings (SSSR count). The topological polar surface area (TPSA) is 60.4 Å². The Kier molecular flexibility index (Phi) is 13.8. The second-order valence-corrected chi connectivity index (χ2v) is 1.27. The zero-order valence-corrected chi connectivity index (χ0v) is 6.90. The summed E-state index contributed by atoms with van der Waals surface area (Å²) in [4.78, 5) is 9.82. The second kappa shape index (κ2) is 10.7. The zero-order valence-electron chi connectivity index (χ0n) is 5.34. The minimum absolute atomic E-state index is 0.211. The summed E-state index contributed by atoms with van der Waals surface area (Å²) in [7, 11) is 0. The van der Waals surface area contributed by atoms with Crippen LogP contribution in [0.3, 0.4) is 0 Å². The standard InChI is InChI=1S/C4H8O2.2O.Ti/c1-3-6-4(2)5;;;/h3H2,1-2H3;;;. The minimum atomic E-state index is -2.00. The summed E-state index contributed by atoms with van der Waals surface area (Å²) in [5, 5.41) is 0. The van der Waals surface area contributed by atoms with Crippen LogP contribution in [0.25, 0.3) is 0 Å². The fraction of sp³-hybridized carbons (Fsp3) is 0.750. The molecule has 0 aliphatic heterocycles. The fourth-order valence-electron chi connectivity index (χ4n) is 0.203. The van der Waals surface area contributed by atoms with E-state index in [9.17, 15) is 4.79 Å². The number of ether oxygens (including phenoxy) is 1. The van der Waals surface area contributed by atoms with E-state index in [1.54, 1.807) is 6.92 Å². The molecule has 0 saturated carbocycles. The Balaban J connectivity index is 0. The normalized spacial score (nSPS) is 6.00. The first-order valence-corrected chi connectivity index (χ1v) is 3.59. The van der Waals surface area contributed by atoms with E-state index in [0.29, 0.717) is 6.61 Å². The van der Waals surface area contributed by atoms with E-state index in [-0.39, 0.29) is 5.97 Å². The average Bonchev–Trinajstić information content (AvgIpc) is 1.67. The molecule has 0 saturated heterocycles. The first-order chi connectivity index (χ1) is 4.18. The summed E-state index contributed by atoms with van der Waals surface area (Å²) < 4.78 is 21.4. The van der Waals surface area contributed by atoms with Gasteiger partial charge in [-0.05, 0) is 6.92 Å². The Morgan fingerprint density at radius 1 is 1.56 bits per heavy atom. The number of hydrogen-bond donors (Lipinski definition) is 0. The van der Waals surface area contributed by atoms with Crippen molar-refractivity contribution in [2.24, 2.45) is 0 Å². The number of carbonyl (C=O) groups is 1. The van der Waals surface area contributed by atoms with Crippen molar-refractivity contribution in [3.8, 4) is 0 Å². The van der Waals surface area contributed by atoms with Crippen LogP contribution in [0.2, 0.25) is 0 Å². The molecule has 0 N–H and O–H groups in total. The molecular weight excluding hydrogens is 160 g/mol. The first-order valence-electron chi connectivity index (χ1n) is 2.31. The van der Waals surface area contributed by atoms with E-state index in [2.05, 4.69) is 4.74 Å². The maximum absolute atomic E-state index is 9.82. The molecule has 0 spiro atoms. The third kappa shape index (κ3) is 33.6. The van der Waals surface area contributed by atoms with E-state index >= 15 is 0 Å². The van der Waals surface area contributed by atoms with Gasteiger partial charge in [0.2, 0.25) is 0 Å². The van der Waals surface area contributed by atoms with Crippen LogP contribution in [0, 0.1) is 0 Å². The molecule has 0 fully saturated rings. The van der Waals surface area contributed by atoms with E-state index in [1.165, 1.54) is 6.92 Å². The fourth-order valence-corrected chi connectivity index (χ4v) is 0.203. The Bertz CT molecular complexity index is 105. The van der Waals surface area contributed by atoms with E-state index in [0.717, 1.165) is 0 Å². The van der Waals surface area contributed by atoms with Crippen molar-refractivity contribution < 1.29 is 35.3 Å². The summed E-state index contributed by atoms with van der Waals surface area (Å²) in [6.45, 7) is 3.65. The quantitative estimate of drug-likeness (QED) is 0.418. The third-order valence-electron chi connectivity index (χ3n) is 0.348. The van der Waals surface area contributed by atoms with Crippen molar-refractivity contribution in [3.63, 3.8) is 0 Å². The van der Waals surface area contributed by atoms with Crippen molar-refractivity contribution in [3.05, 3.63) is 0 Å². The van der Waals surface area contributed by atoms with Crippen molar-refractivity contribution in [1.29, 1.82) is 0 Å². The summed E-state index contributed by atoms with van der Waals surface area (Å²) >= 11 is -2.00. The SMILES string of the molecule is CCOC(C)=O.[O]=[Ti]=[O]. The molecule has 0 radical (unpaired) electrons. The van der Waals surface area contributed by atoms with Crippen molar-refractivity contribution in [2.45, 2.75) is 13.8 Å². The summed E-state index contributed by atoms with van der Waals surface area (Å²) in [6, 6.07) is 0. The van der Waals surface area contributed by atoms with E-state index in [4.69, 9.17) is 6.65 Å². The molecule has 9 heavy (non-hydrogen) atoms. The first kappa shape index (κ1) is 11.6. The van der Waals surface area contributed by atoms with Gasteiger partial charge in [-0.2, -0.15) is 0 Å². The molecule has 0 heterocycles. The molecule has 4 nitrogen and oxygen atoms in total. The van der Waals surface area contributed by atoms with Gasteiger partial charge in [-0.3, -0.25) is 4.79 Å². The summed E-state index contributed by atoms with van der Waals surface area (Å²) in [5.41, 5.74) is 0. The number of rotatable bonds is 1.